The summed E-state index contributed by atoms with van der Waals surface area (Å²) in [6.45, 7) is 2.04. The molecule has 1 unspecified atom stereocenters. The van der Waals surface area contributed by atoms with Gasteiger partial charge in [0.05, 0.1) is 11.3 Å². The third kappa shape index (κ3) is 4.29. The van der Waals surface area contributed by atoms with Gasteiger partial charge < -0.3 is 5.73 Å². The molecule has 1 aliphatic heterocycles. The van der Waals surface area contributed by atoms with Gasteiger partial charge in [-0.3, -0.25) is 5.01 Å². The van der Waals surface area contributed by atoms with Gasteiger partial charge in [0.2, 0.25) is 0 Å². The summed E-state index contributed by atoms with van der Waals surface area (Å²) >= 11 is 0. The molecule has 3 atom stereocenters. The van der Waals surface area contributed by atoms with Gasteiger partial charge in [-0.1, -0.05) is 56.5 Å². The lowest BCUT2D eigenvalue weighted by molar-refractivity contribution is 0.0347. The number of halogens is 3. The highest BCUT2D eigenvalue weighted by atomic mass is 19.1. The minimum atomic E-state index is -1.22. The lowest BCUT2D eigenvalue weighted by Gasteiger charge is -2.44. The Morgan fingerprint density at radius 2 is 1.88 bits per heavy atom. The Hall–Kier alpha value is -2.34. The van der Waals surface area contributed by atoms with Crippen LogP contribution >= 0.6 is 0 Å². The maximum atomic E-state index is 15.1. The number of unbranched alkanes of at least 4 members (excludes halogenated alkanes) is 2. The van der Waals surface area contributed by atoms with Crippen LogP contribution in [0, 0.1) is 17.6 Å². The highest BCUT2D eigenvalue weighted by Crippen LogP contribution is 2.53. The minimum Gasteiger partial charge on any atom is -0.328 e. The average Bonchev–Trinajstić information content (AvgIpc) is 3.60. The zero-order chi connectivity index (χ0) is 22.7. The van der Waals surface area contributed by atoms with Crippen molar-refractivity contribution in [1.82, 2.24) is 5.01 Å². The van der Waals surface area contributed by atoms with E-state index in [0.29, 0.717) is 5.71 Å². The molecule has 0 bridgehead atoms. The van der Waals surface area contributed by atoms with Crippen molar-refractivity contribution >= 4 is 5.71 Å². The topological polar surface area (TPSA) is 41.6 Å². The van der Waals surface area contributed by atoms with E-state index < -0.39 is 23.3 Å². The van der Waals surface area contributed by atoms with Gasteiger partial charge in [0, 0.05) is 30.5 Å². The number of hydrogen-bond acceptors (Lipinski definition) is 3. The van der Waals surface area contributed by atoms with Crippen LogP contribution in [-0.4, -0.2) is 29.5 Å². The number of hydrogen-bond donors (Lipinski definition) is 1. The maximum absolute atomic E-state index is 15.1. The van der Waals surface area contributed by atoms with E-state index in [4.69, 9.17) is 10.8 Å². The van der Waals surface area contributed by atoms with Crippen LogP contribution in [0.1, 0.15) is 63.0 Å². The molecular weight excluding hydrogens is 411 g/mol. The molecule has 2 aromatic carbocycles. The van der Waals surface area contributed by atoms with Crippen molar-refractivity contribution in [2.45, 2.75) is 69.6 Å². The minimum absolute atomic E-state index is 0.0849. The quantitative estimate of drug-likeness (QED) is 0.463. The molecule has 0 spiro atoms. The first kappa shape index (κ1) is 22.8. The second-order valence-electron chi connectivity index (χ2n) is 9.06. The first-order valence-corrected chi connectivity index (χ1v) is 11.7. The number of nitrogens with two attached hydrogens (primary N) is 1. The van der Waals surface area contributed by atoms with Crippen LogP contribution in [0.4, 0.5) is 13.2 Å². The third-order valence-corrected chi connectivity index (χ3v) is 6.79. The van der Waals surface area contributed by atoms with Crippen LogP contribution in [0.25, 0.3) is 0 Å². The molecule has 0 aromatic heterocycles. The molecule has 2 aliphatic rings. The Morgan fingerprint density at radius 1 is 1.12 bits per heavy atom. The molecule has 172 valence electrons. The van der Waals surface area contributed by atoms with Crippen molar-refractivity contribution in [2.75, 3.05) is 6.54 Å². The van der Waals surface area contributed by atoms with Crippen molar-refractivity contribution in [2.24, 2.45) is 16.8 Å². The predicted molar refractivity (Wildman–Crippen MR) is 122 cm³/mol. The van der Waals surface area contributed by atoms with Crippen molar-refractivity contribution in [3.8, 4) is 0 Å². The van der Waals surface area contributed by atoms with Gasteiger partial charge in [0.25, 0.3) is 0 Å². The smallest absolute Gasteiger partial charge is 0.132 e. The number of nitrogens with zero attached hydrogens (tertiary/aromatic N) is 2. The van der Waals surface area contributed by atoms with Gasteiger partial charge in [-0.25, -0.2) is 13.2 Å². The molecule has 32 heavy (non-hydrogen) atoms. The normalized spacial score (nSPS) is 24.0. The van der Waals surface area contributed by atoms with Gasteiger partial charge in [0.1, 0.15) is 17.8 Å². The highest BCUT2D eigenvalue weighted by molar-refractivity contribution is 6.04. The van der Waals surface area contributed by atoms with Gasteiger partial charge in [-0.05, 0) is 43.0 Å². The largest absolute Gasteiger partial charge is 0.328 e. The molecule has 0 amide bonds. The lowest BCUT2D eigenvalue weighted by atomic mass is 9.69. The summed E-state index contributed by atoms with van der Waals surface area (Å²) in [5.41, 5.74) is 6.63. The Morgan fingerprint density at radius 3 is 2.53 bits per heavy atom. The zero-order valence-electron chi connectivity index (χ0n) is 18.6. The van der Waals surface area contributed by atoms with E-state index in [-0.39, 0.29) is 30.5 Å². The molecular formula is C26H32F3N3. The molecule has 1 heterocycles. The lowest BCUT2D eigenvalue weighted by Crippen LogP contribution is -2.49. The fourth-order valence-corrected chi connectivity index (χ4v) is 5.13. The van der Waals surface area contributed by atoms with Crippen LogP contribution in [0.3, 0.4) is 0 Å². The summed E-state index contributed by atoms with van der Waals surface area (Å²) in [5.74, 6) is -1.27. The average molecular weight is 444 g/mol. The molecule has 0 radical (unpaired) electrons. The Balaban J connectivity index is 1.89. The molecule has 1 saturated carbocycles. The second-order valence-corrected chi connectivity index (χ2v) is 9.06. The van der Waals surface area contributed by atoms with E-state index in [2.05, 4.69) is 6.92 Å². The number of alkyl halides is 1. The van der Waals surface area contributed by atoms with E-state index in [9.17, 15) is 8.78 Å². The first-order valence-electron chi connectivity index (χ1n) is 11.7. The van der Waals surface area contributed by atoms with Crippen LogP contribution in [0.5, 0.6) is 0 Å². The number of benzene rings is 2. The highest BCUT2D eigenvalue weighted by Gasteiger charge is 2.56. The molecule has 1 aliphatic carbocycles. The summed E-state index contributed by atoms with van der Waals surface area (Å²) < 4.78 is 44.2. The summed E-state index contributed by atoms with van der Waals surface area (Å²) in [6, 6.07) is 13.5. The monoisotopic (exact) mass is 443 g/mol. The van der Waals surface area contributed by atoms with Gasteiger partial charge >= 0.3 is 0 Å². The van der Waals surface area contributed by atoms with Crippen molar-refractivity contribution in [1.29, 1.82) is 0 Å². The standard InChI is InChI=1S/C26H32F3N3/c1-2-3-5-10-23-25(22-15-19(27)11-14-24(22)29)31-32(21-12-13-21)26(23,16-20(28)17-30)18-8-6-4-7-9-18/h4,6-9,11,14-15,20-21,23H,2-3,5,10,12-13,16-17,30H2,1H3/t20-,23?,26-/m0/s1. The van der Waals surface area contributed by atoms with Crippen molar-refractivity contribution in [3.05, 3.63) is 71.3 Å². The third-order valence-electron chi connectivity index (χ3n) is 6.79. The van der Waals surface area contributed by atoms with E-state index in [1.165, 1.54) is 6.07 Å². The van der Waals surface area contributed by atoms with Crippen LogP contribution in [-0.2, 0) is 5.54 Å². The van der Waals surface area contributed by atoms with Crippen LogP contribution in [0.2, 0.25) is 0 Å². The Kier molecular flexibility index (Phi) is 6.89. The summed E-state index contributed by atoms with van der Waals surface area (Å²) in [7, 11) is 0. The molecule has 2 N–H and O–H groups in total. The van der Waals surface area contributed by atoms with Gasteiger partial charge in [-0.15, -0.1) is 0 Å². The SMILES string of the molecule is CCCCCC1C(c2cc(F)ccc2F)=NN(C2CC2)[C@@]1(C[C@H](F)CN)c1ccccc1. The van der Waals surface area contributed by atoms with Crippen LogP contribution in [0.15, 0.2) is 53.6 Å². The number of rotatable bonds is 10. The predicted octanol–water partition coefficient (Wildman–Crippen LogP) is 5.93. The van der Waals surface area contributed by atoms with E-state index in [1.807, 2.05) is 35.3 Å². The molecule has 3 nitrogen and oxygen atoms in total. The van der Waals surface area contributed by atoms with Crippen molar-refractivity contribution < 1.29 is 13.2 Å². The van der Waals surface area contributed by atoms with E-state index in [1.54, 1.807) is 0 Å². The second kappa shape index (κ2) is 9.65. The fraction of sp³-hybridized carbons (Fsp3) is 0.500. The number of hydrazone groups is 1. The summed E-state index contributed by atoms with van der Waals surface area (Å²) in [6.07, 6.45) is 4.53. The maximum Gasteiger partial charge on any atom is 0.132 e. The Labute approximate surface area is 188 Å². The fourth-order valence-electron chi connectivity index (χ4n) is 5.13. The molecule has 4 rings (SSSR count). The van der Waals surface area contributed by atoms with Gasteiger partial charge in [-0.2, -0.15) is 5.10 Å². The summed E-state index contributed by atoms with van der Waals surface area (Å²) in [5, 5.41) is 6.95. The molecule has 6 heteroatoms. The molecule has 2 aromatic rings. The van der Waals surface area contributed by atoms with Gasteiger partial charge in [0.15, 0.2) is 0 Å². The zero-order valence-corrected chi connectivity index (χ0v) is 18.6. The molecule has 1 fully saturated rings. The Bertz CT molecular complexity index is 945. The summed E-state index contributed by atoms with van der Waals surface area (Å²) in [4.78, 5) is 0. The van der Waals surface area contributed by atoms with E-state index in [0.717, 1.165) is 56.2 Å². The van der Waals surface area contributed by atoms with Crippen molar-refractivity contribution in [3.63, 3.8) is 0 Å². The molecule has 0 saturated heterocycles. The van der Waals surface area contributed by atoms with E-state index >= 15 is 4.39 Å². The van der Waals surface area contributed by atoms with Crippen LogP contribution < -0.4 is 5.73 Å². The first-order chi connectivity index (χ1) is 15.5.